The Morgan fingerprint density at radius 3 is 2.90 bits per heavy atom. The van der Waals surface area contributed by atoms with Crippen LogP contribution in [0.15, 0.2) is 18.2 Å². The molecule has 0 radical (unpaired) electrons. The summed E-state index contributed by atoms with van der Waals surface area (Å²) in [6, 6.07) is 5.69. The van der Waals surface area contributed by atoms with Gasteiger partial charge < -0.3 is 9.80 Å². The van der Waals surface area contributed by atoms with Gasteiger partial charge in [0, 0.05) is 30.9 Å². The summed E-state index contributed by atoms with van der Waals surface area (Å²) in [5.41, 5.74) is 2.66. The number of amides is 2. The number of hydrogen-bond donors (Lipinski definition) is 0. The van der Waals surface area contributed by atoms with Crippen LogP contribution in [-0.4, -0.2) is 36.3 Å². The van der Waals surface area contributed by atoms with Crippen molar-refractivity contribution in [2.45, 2.75) is 33.1 Å². The van der Waals surface area contributed by atoms with E-state index in [0.717, 1.165) is 30.8 Å². The van der Waals surface area contributed by atoms with Crippen LogP contribution in [-0.2, 0) is 11.2 Å². The van der Waals surface area contributed by atoms with Gasteiger partial charge in [-0.3, -0.25) is 9.59 Å². The van der Waals surface area contributed by atoms with Gasteiger partial charge in [-0.2, -0.15) is 0 Å². The van der Waals surface area contributed by atoms with Crippen LogP contribution in [0.1, 0.15) is 42.6 Å². The Morgan fingerprint density at radius 2 is 2.19 bits per heavy atom. The molecule has 112 valence electrons. The zero-order chi connectivity index (χ0) is 15.0. The van der Waals surface area contributed by atoms with Crippen molar-refractivity contribution in [1.29, 1.82) is 0 Å². The van der Waals surface area contributed by atoms with Crippen LogP contribution >= 0.6 is 0 Å². The van der Waals surface area contributed by atoms with Gasteiger partial charge in [0.25, 0.3) is 5.91 Å². The zero-order valence-corrected chi connectivity index (χ0v) is 12.8. The van der Waals surface area contributed by atoms with Gasteiger partial charge in [0.15, 0.2) is 0 Å². The number of nitrogens with zero attached hydrogens (tertiary/aromatic N) is 2. The third-order valence-corrected chi connectivity index (χ3v) is 4.52. The molecule has 21 heavy (non-hydrogen) atoms. The van der Waals surface area contributed by atoms with Crippen molar-refractivity contribution in [3.8, 4) is 0 Å². The minimum Gasteiger partial charge on any atom is -0.338 e. The summed E-state index contributed by atoms with van der Waals surface area (Å²) in [7, 11) is 0. The average molecular weight is 286 g/mol. The maximum Gasteiger partial charge on any atom is 0.253 e. The van der Waals surface area contributed by atoms with E-state index in [0.29, 0.717) is 24.4 Å². The van der Waals surface area contributed by atoms with E-state index < -0.39 is 0 Å². The topological polar surface area (TPSA) is 40.6 Å². The molecule has 1 unspecified atom stereocenters. The molecule has 4 nitrogen and oxygen atoms in total. The minimum atomic E-state index is 0.103. The molecule has 1 atom stereocenters. The molecule has 2 aliphatic rings. The molecule has 0 saturated carbocycles. The van der Waals surface area contributed by atoms with Crippen LogP contribution in [0.25, 0.3) is 0 Å². The van der Waals surface area contributed by atoms with E-state index in [-0.39, 0.29) is 11.8 Å². The highest BCUT2D eigenvalue weighted by atomic mass is 16.2. The number of likely N-dealkylation sites (N-methyl/N-ethyl adjacent to an activating group) is 1. The van der Waals surface area contributed by atoms with Crippen molar-refractivity contribution in [3.05, 3.63) is 29.3 Å². The predicted molar refractivity (Wildman–Crippen MR) is 82.5 cm³/mol. The summed E-state index contributed by atoms with van der Waals surface area (Å²) in [5, 5.41) is 0. The molecule has 2 aliphatic heterocycles. The Bertz CT molecular complexity index is 582. The molecule has 1 aromatic rings. The SMILES string of the molecule is CCN1C(=O)Cc2cc(C(=O)N3CCCC(C)C3)ccc21. The van der Waals surface area contributed by atoms with E-state index >= 15 is 0 Å². The fourth-order valence-electron chi connectivity index (χ4n) is 3.42. The highest BCUT2D eigenvalue weighted by Gasteiger charge is 2.28. The first-order valence-corrected chi connectivity index (χ1v) is 7.82. The Hall–Kier alpha value is -1.84. The molecule has 1 aromatic carbocycles. The molecular weight excluding hydrogens is 264 g/mol. The smallest absolute Gasteiger partial charge is 0.253 e. The van der Waals surface area contributed by atoms with Gasteiger partial charge in [-0.15, -0.1) is 0 Å². The predicted octanol–water partition coefficient (Wildman–Crippen LogP) is 2.47. The van der Waals surface area contributed by atoms with Gasteiger partial charge in [-0.1, -0.05) is 6.92 Å². The molecule has 3 rings (SSSR count). The molecule has 2 heterocycles. The van der Waals surface area contributed by atoms with Gasteiger partial charge in [-0.05, 0) is 49.4 Å². The highest BCUT2D eigenvalue weighted by molar-refractivity contribution is 6.03. The number of carbonyl (C=O) groups excluding carboxylic acids is 2. The number of likely N-dealkylation sites (tertiary alicyclic amines) is 1. The molecule has 1 fully saturated rings. The Labute approximate surface area is 125 Å². The summed E-state index contributed by atoms with van der Waals surface area (Å²) in [6.45, 7) is 6.54. The number of piperidine rings is 1. The number of hydrogen-bond acceptors (Lipinski definition) is 2. The van der Waals surface area contributed by atoms with Crippen molar-refractivity contribution >= 4 is 17.5 Å². The fourth-order valence-corrected chi connectivity index (χ4v) is 3.42. The fraction of sp³-hybridized carbons (Fsp3) is 0.529. The van der Waals surface area contributed by atoms with Crippen LogP contribution in [0.4, 0.5) is 5.69 Å². The van der Waals surface area contributed by atoms with E-state index in [1.54, 1.807) is 4.90 Å². The van der Waals surface area contributed by atoms with E-state index in [2.05, 4.69) is 6.92 Å². The van der Waals surface area contributed by atoms with Gasteiger partial charge in [0.2, 0.25) is 5.91 Å². The van der Waals surface area contributed by atoms with Crippen molar-refractivity contribution in [2.24, 2.45) is 5.92 Å². The lowest BCUT2D eigenvalue weighted by Crippen LogP contribution is -2.39. The Kier molecular flexibility index (Phi) is 3.70. The molecule has 0 aliphatic carbocycles. The average Bonchev–Trinajstić information content (AvgIpc) is 2.80. The maximum absolute atomic E-state index is 12.6. The standard InChI is InChI=1S/C17H22N2O2/c1-3-19-15-7-6-13(9-14(15)10-16(19)20)17(21)18-8-4-5-12(2)11-18/h6-7,9,12H,3-5,8,10-11H2,1-2H3. The van der Waals surface area contributed by atoms with Crippen LogP contribution in [0, 0.1) is 5.92 Å². The molecule has 1 saturated heterocycles. The first kappa shape index (κ1) is 14.1. The minimum absolute atomic E-state index is 0.103. The highest BCUT2D eigenvalue weighted by Crippen LogP contribution is 2.30. The van der Waals surface area contributed by atoms with Crippen LogP contribution < -0.4 is 4.90 Å². The second-order valence-corrected chi connectivity index (χ2v) is 6.16. The van der Waals surface area contributed by atoms with E-state index in [9.17, 15) is 9.59 Å². The third kappa shape index (κ3) is 2.55. The lowest BCUT2D eigenvalue weighted by atomic mass is 9.99. The van der Waals surface area contributed by atoms with Gasteiger partial charge >= 0.3 is 0 Å². The maximum atomic E-state index is 12.6. The molecule has 2 amide bonds. The third-order valence-electron chi connectivity index (χ3n) is 4.52. The van der Waals surface area contributed by atoms with Crippen LogP contribution in [0.3, 0.4) is 0 Å². The van der Waals surface area contributed by atoms with Crippen molar-refractivity contribution in [1.82, 2.24) is 4.90 Å². The number of carbonyl (C=O) groups is 2. The van der Waals surface area contributed by atoms with Crippen molar-refractivity contribution < 1.29 is 9.59 Å². The monoisotopic (exact) mass is 286 g/mol. The number of benzene rings is 1. The first-order valence-electron chi connectivity index (χ1n) is 7.82. The largest absolute Gasteiger partial charge is 0.338 e. The second kappa shape index (κ2) is 5.51. The lowest BCUT2D eigenvalue weighted by Gasteiger charge is -2.31. The number of anilines is 1. The van der Waals surface area contributed by atoms with Gasteiger partial charge in [0.05, 0.1) is 6.42 Å². The lowest BCUT2D eigenvalue weighted by molar-refractivity contribution is -0.117. The van der Waals surface area contributed by atoms with Crippen LogP contribution in [0.2, 0.25) is 0 Å². The Morgan fingerprint density at radius 1 is 1.38 bits per heavy atom. The summed E-state index contributed by atoms with van der Waals surface area (Å²) in [5.74, 6) is 0.810. The van der Waals surface area contributed by atoms with Crippen molar-refractivity contribution in [2.75, 3.05) is 24.5 Å². The summed E-state index contributed by atoms with van der Waals surface area (Å²) < 4.78 is 0. The van der Waals surface area contributed by atoms with Gasteiger partial charge in [0.1, 0.15) is 0 Å². The molecule has 0 bridgehead atoms. The van der Waals surface area contributed by atoms with Crippen LogP contribution in [0.5, 0.6) is 0 Å². The molecular formula is C17H22N2O2. The summed E-state index contributed by atoms with van der Waals surface area (Å²) >= 11 is 0. The molecule has 0 N–H and O–H groups in total. The summed E-state index contributed by atoms with van der Waals surface area (Å²) in [6.07, 6.45) is 2.70. The van der Waals surface area contributed by atoms with E-state index in [1.165, 1.54) is 6.42 Å². The summed E-state index contributed by atoms with van der Waals surface area (Å²) in [4.78, 5) is 28.3. The molecule has 0 aromatic heterocycles. The quantitative estimate of drug-likeness (QED) is 0.838. The molecule has 4 heteroatoms. The van der Waals surface area contributed by atoms with Crippen molar-refractivity contribution in [3.63, 3.8) is 0 Å². The van der Waals surface area contributed by atoms with Gasteiger partial charge in [-0.25, -0.2) is 0 Å². The zero-order valence-electron chi connectivity index (χ0n) is 12.8. The Balaban J connectivity index is 1.83. The number of rotatable bonds is 2. The second-order valence-electron chi connectivity index (χ2n) is 6.16. The van der Waals surface area contributed by atoms with E-state index in [4.69, 9.17) is 0 Å². The normalized spacial score (nSPS) is 21.6. The number of fused-ring (bicyclic) bond motifs is 1. The van der Waals surface area contributed by atoms with E-state index in [1.807, 2.05) is 30.0 Å². The molecule has 0 spiro atoms. The first-order chi connectivity index (χ1) is 10.1.